The molecular weight excluding hydrogens is 339 g/mol. The highest BCUT2D eigenvalue weighted by molar-refractivity contribution is 9.10. The quantitative estimate of drug-likeness (QED) is 0.727. The Bertz CT molecular complexity index is 523. The smallest absolute Gasteiger partial charge is 0.163 e. The second-order valence-corrected chi connectivity index (χ2v) is 5.01. The van der Waals surface area contributed by atoms with Crippen molar-refractivity contribution >= 4 is 31.9 Å². The topological polar surface area (TPSA) is 25.8 Å². The molecule has 0 unspecified atom stereocenters. The van der Waals surface area contributed by atoms with E-state index >= 15 is 0 Å². The molecule has 0 saturated carbocycles. The van der Waals surface area contributed by atoms with Gasteiger partial charge in [-0.15, -0.1) is 0 Å². The van der Waals surface area contributed by atoms with Gasteiger partial charge in [-0.25, -0.2) is 14.4 Å². The Hall–Kier alpha value is -0.810. The van der Waals surface area contributed by atoms with Crippen LogP contribution in [0.25, 0.3) is 11.4 Å². The van der Waals surface area contributed by atoms with Crippen LogP contribution < -0.4 is 0 Å². The SMILES string of the molecule is Cc1cc(Br)nc(-c2cc(Br)ccc2F)n1. The van der Waals surface area contributed by atoms with Gasteiger partial charge in [0.15, 0.2) is 5.82 Å². The molecule has 0 saturated heterocycles. The number of aromatic nitrogens is 2. The van der Waals surface area contributed by atoms with Crippen LogP contribution in [-0.4, -0.2) is 9.97 Å². The van der Waals surface area contributed by atoms with E-state index in [4.69, 9.17) is 0 Å². The van der Waals surface area contributed by atoms with Crippen LogP contribution in [0.2, 0.25) is 0 Å². The average Bonchev–Trinajstić information content (AvgIpc) is 2.20. The minimum absolute atomic E-state index is 0.333. The van der Waals surface area contributed by atoms with Crippen LogP contribution in [0.1, 0.15) is 5.69 Å². The van der Waals surface area contributed by atoms with Crippen molar-refractivity contribution in [2.45, 2.75) is 6.92 Å². The molecule has 2 nitrogen and oxygen atoms in total. The summed E-state index contributed by atoms with van der Waals surface area (Å²) in [6.45, 7) is 1.84. The maximum absolute atomic E-state index is 13.6. The molecule has 0 aliphatic carbocycles. The fourth-order valence-corrected chi connectivity index (χ4v) is 2.18. The highest BCUT2D eigenvalue weighted by Gasteiger charge is 2.09. The van der Waals surface area contributed by atoms with Gasteiger partial charge in [-0.2, -0.15) is 0 Å². The highest BCUT2D eigenvalue weighted by atomic mass is 79.9. The molecule has 0 amide bonds. The Labute approximate surface area is 109 Å². The Morgan fingerprint density at radius 3 is 2.56 bits per heavy atom. The van der Waals surface area contributed by atoms with Gasteiger partial charge in [0.2, 0.25) is 0 Å². The lowest BCUT2D eigenvalue weighted by Crippen LogP contribution is -1.94. The molecular formula is C11H7Br2FN2. The van der Waals surface area contributed by atoms with Gasteiger partial charge >= 0.3 is 0 Å². The molecule has 0 radical (unpaired) electrons. The van der Waals surface area contributed by atoms with Gasteiger partial charge in [0.05, 0.1) is 5.56 Å². The summed E-state index contributed by atoms with van der Waals surface area (Å²) >= 11 is 6.56. The molecule has 16 heavy (non-hydrogen) atoms. The zero-order valence-corrected chi connectivity index (χ0v) is 11.5. The zero-order valence-electron chi connectivity index (χ0n) is 8.34. The van der Waals surface area contributed by atoms with Gasteiger partial charge in [-0.05, 0) is 47.1 Å². The van der Waals surface area contributed by atoms with Gasteiger partial charge < -0.3 is 0 Å². The standard InChI is InChI=1S/C11H7Br2FN2/c1-6-4-10(13)16-11(15-6)8-5-7(12)2-3-9(8)14/h2-5H,1H3. The van der Waals surface area contributed by atoms with Crippen LogP contribution in [0, 0.1) is 12.7 Å². The van der Waals surface area contributed by atoms with Crippen molar-refractivity contribution in [3.8, 4) is 11.4 Å². The minimum Gasteiger partial charge on any atom is -0.233 e. The first-order valence-electron chi connectivity index (χ1n) is 4.53. The number of hydrogen-bond donors (Lipinski definition) is 0. The molecule has 82 valence electrons. The molecule has 0 atom stereocenters. The van der Waals surface area contributed by atoms with Crippen LogP contribution in [0.4, 0.5) is 4.39 Å². The Kier molecular flexibility index (Phi) is 3.35. The molecule has 0 aliphatic heterocycles. The second-order valence-electron chi connectivity index (χ2n) is 3.28. The maximum atomic E-state index is 13.6. The lowest BCUT2D eigenvalue weighted by Gasteiger charge is -2.04. The van der Waals surface area contributed by atoms with Gasteiger partial charge in [-0.3, -0.25) is 0 Å². The molecule has 2 aromatic rings. The van der Waals surface area contributed by atoms with Crippen molar-refractivity contribution in [3.63, 3.8) is 0 Å². The molecule has 0 N–H and O–H groups in total. The molecule has 0 aliphatic rings. The van der Waals surface area contributed by atoms with E-state index < -0.39 is 0 Å². The van der Waals surface area contributed by atoms with Crippen LogP contribution in [0.15, 0.2) is 33.3 Å². The summed E-state index contributed by atoms with van der Waals surface area (Å²) in [5.74, 6) is 0.0476. The Morgan fingerprint density at radius 1 is 1.12 bits per heavy atom. The van der Waals surface area contributed by atoms with Gasteiger partial charge in [0.1, 0.15) is 10.4 Å². The van der Waals surface area contributed by atoms with E-state index in [0.29, 0.717) is 16.0 Å². The third-order valence-electron chi connectivity index (χ3n) is 1.99. The van der Waals surface area contributed by atoms with Crippen molar-refractivity contribution in [2.24, 2.45) is 0 Å². The fourth-order valence-electron chi connectivity index (χ4n) is 1.32. The van der Waals surface area contributed by atoms with Crippen molar-refractivity contribution in [1.29, 1.82) is 0 Å². The molecule has 0 spiro atoms. The van der Waals surface area contributed by atoms with Crippen LogP contribution in [0.3, 0.4) is 0 Å². The molecule has 0 fully saturated rings. The van der Waals surface area contributed by atoms with Gasteiger partial charge in [0, 0.05) is 10.2 Å². The summed E-state index contributed by atoms with van der Waals surface area (Å²) < 4.78 is 15.0. The molecule has 1 aromatic carbocycles. The minimum atomic E-state index is -0.333. The molecule has 1 heterocycles. The molecule has 5 heteroatoms. The van der Waals surface area contributed by atoms with Crippen molar-refractivity contribution in [2.75, 3.05) is 0 Å². The van der Waals surface area contributed by atoms with E-state index in [2.05, 4.69) is 41.8 Å². The monoisotopic (exact) mass is 344 g/mol. The van der Waals surface area contributed by atoms with E-state index in [-0.39, 0.29) is 5.82 Å². The first kappa shape index (κ1) is 11.7. The summed E-state index contributed by atoms with van der Waals surface area (Å²) in [4.78, 5) is 8.36. The third-order valence-corrected chi connectivity index (χ3v) is 2.89. The average molecular weight is 346 g/mol. The van der Waals surface area contributed by atoms with E-state index in [1.54, 1.807) is 18.2 Å². The fraction of sp³-hybridized carbons (Fsp3) is 0.0909. The van der Waals surface area contributed by atoms with E-state index in [1.165, 1.54) is 6.07 Å². The number of aryl methyl sites for hydroxylation is 1. The van der Waals surface area contributed by atoms with Crippen LogP contribution in [0.5, 0.6) is 0 Å². The van der Waals surface area contributed by atoms with Crippen molar-refractivity contribution in [3.05, 3.63) is 44.9 Å². The number of rotatable bonds is 1. The van der Waals surface area contributed by atoms with E-state index in [9.17, 15) is 4.39 Å². The van der Waals surface area contributed by atoms with Crippen molar-refractivity contribution < 1.29 is 4.39 Å². The highest BCUT2D eigenvalue weighted by Crippen LogP contribution is 2.24. The predicted octanol–water partition coefficient (Wildman–Crippen LogP) is 4.12. The predicted molar refractivity (Wildman–Crippen MR) is 67.6 cm³/mol. The van der Waals surface area contributed by atoms with E-state index in [1.807, 2.05) is 6.92 Å². The normalized spacial score (nSPS) is 10.5. The second kappa shape index (κ2) is 4.59. The van der Waals surface area contributed by atoms with Crippen molar-refractivity contribution in [1.82, 2.24) is 9.97 Å². The lowest BCUT2D eigenvalue weighted by molar-refractivity contribution is 0.629. The maximum Gasteiger partial charge on any atom is 0.163 e. The first-order valence-corrected chi connectivity index (χ1v) is 6.11. The summed E-state index contributed by atoms with van der Waals surface area (Å²) in [7, 11) is 0. The van der Waals surface area contributed by atoms with E-state index in [0.717, 1.165) is 10.2 Å². The Balaban J connectivity index is 2.62. The van der Waals surface area contributed by atoms with Gasteiger partial charge in [0.25, 0.3) is 0 Å². The summed E-state index contributed by atoms with van der Waals surface area (Å²) in [5, 5.41) is 0. The lowest BCUT2D eigenvalue weighted by atomic mass is 10.2. The Morgan fingerprint density at radius 2 is 1.88 bits per heavy atom. The largest absolute Gasteiger partial charge is 0.233 e. The number of benzene rings is 1. The molecule has 0 bridgehead atoms. The van der Waals surface area contributed by atoms with Gasteiger partial charge in [-0.1, -0.05) is 15.9 Å². The van der Waals surface area contributed by atoms with Crippen LogP contribution in [-0.2, 0) is 0 Å². The summed E-state index contributed by atoms with van der Waals surface area (Å²) in [6.07, 6.45) is 0. The summed E-state index contributed by atoms with van der Waals surface area (Å²) in [5.41, 5.74) is 1.18. The first-order chi connectivity index (χ1) is 7.56. The zero-order chi connectivity index (χ0) is 11.7. The third kappa shape index (κ3) is 2.47. The molecule has 2 rings (SSSR count). The van der Waals surface area contributed by atoms with Crippen LogP contribution >= 0.6 is 31.9 Å². The number of halogens is 3. The number of hydrogen-bond acceptors (Lipinski definition) is 2. The number of nitrogens with zero attached hydrogens (tertiary/aromatic N) is 2. The molecule has 1 aromatic heterocycles. The summed E-state index contributed by atoms with van der Waals surface area (Å²) in [6, 6.07) is 6.47.